The first-order valence-electron chi connectivity index (χ1n) is 5.78. The molecule has 1 aliphatic carbocycles. The summed E-state index contributed by atoms with van der Waals surface area (Å²) >= 11 is 0. The number of hydrogen-bond donors (Lipinski definition) is 0. The molecule has 0 N–H and O–H groups in total. The Hall–Kier alpha value is -0.860. The molecular formula is C12H20O3. The third kappa shape index (κ3) is 3.33. The van der Waals surface area contributed by atoms with Crippen LogP contribution in [0.5, 0.6) is 0 Å². The van der Waals surface area contributed by atoms with Crippen molar-refractivity contribution in [1.29, 1.82) is 0 Å². The Morgan fingerprint density at radius 3 is 2.13 bits per heavy atom. The molecule has 0 aliphatic heterocycles. The van der Waals surface area contributed by atoms with Gasteiger partial charge in [-0.1, -0.05) is 25.7 Å². The smallest absolute Gasteiger partial charge is 0.315 e. The second-order valence-electron chi connectivity index (χ2n) is 4.34. The lowest BCUT2D eigenvalue weighted by Gasteiger charge is -2.16. The second-order valence-corrected chi connectivity index (χ2v) is 4.34. The number of carbonyl (C=O) groups is 2. The predicted octanol–water partition coefficient (Wildman–Crippen LogP) is 2.33. The summed E-state index contributed by atoms with van der Waals surface area (Å²) in [6.07, 6.45) is 6.56. The zero-order chi connectivity index (χ0) is 11.3. The summed E-state index contributed by atoms with van der Waals surface area (Å²) in [6, 6.07) is 0. The SMILES string of the molecule is COC(=O)C(C)C(=O)C1CCCCCC1. The van der Waals surface area contributed by atoms with E-state index in [0.717, 1.165) is 25.7 Å². The molecule has 15 heavy (non-hydrogen) atoms. The fourth-order valence-corrected chi connectivity index (χ4v) is 2.21. The molecule has 1 rings (SSSR count). The molecule has 1 fully saturated rings. The summed E-state index contributed by atoms with van der Waals surface area (Å²) in [6.45, 7) is 1.65. The third-order valence-electron chi connectivity index (χ3n) is 3.24. The van der Waals surface area contributed by atoms with E-state index in [2.05, 4.69) is 4.74 Å². The van der Waals surface area contributed by atoms with Crippen molar-refractivity contribution in [2.75, 3.05) is 7.11 Å². The lowest BCUT2D eigenvalue weighted by molar-refractivity contribution is -0.149. The summed E-state index contributed by atoms with van der Waals surface area (Å²) in [7, 11) is 1.33. The van der Waals surface area contributed by atoms with Crippen molar-refractivity contribution in [3.63, 3.8) is 0 Å². The van der Waals surface area contributed by atoms with Gasteiger partial charge in [0, 0.05) is 5.92 Å². The topological polar surface area (TPSA) is 43.4 Å². The molecule has 3 nitrogen and oxygen atoms in total. The van der Waals surface area contributed by atoms with Crippen LogP contribution in [0.25, 0.3) is 0 Å². The summed E-state index contributed by atoms with van der Waals surface area (Å²) in [5, 5.41) is 0. The molecule has 0 radical (unpaired) electrons. The Bertz CT molecular complexity index is 227. The highest BCUT2D eigenvalue weighted by Crippen LogP contribution is 2.26. The normalized spacial score (nSPS) is 20.4. The fraction of sp³-hybridized carbons (Fsp3) is 0.833. The van der Waals surface area contributed by atoms with Crippen molar-refractivity contribution < 1.29 is 14.3 Å². The van der Waals surface area contributed by atoms with Crippen LogP contribution in [-0.2, 0) is 14.3 Å². The first-order valence-corrected chi connectivity index (χ1v) is 5.78. The molecule has 1 unspecified atom stereocenters. The van der Waals surface area contributed by atoms with Gasteiger partial charge in [0.15, 0.2) is 0 Å². The predicted molar refractivity (Wildman–Crippen MR) is 57.4 cm³/mol. The molecule has 1 aliphatic rings. The summed E-state index contributed by atoms with van der Waals surface area (Å²) in [5.74, 6) is -0.826. The first-order chi connectivity index (χ1) is 7.16. The van der Waals surface area contributed by atoms with Gasteiger partial charge in [-0.15, -0.1) is 0 Å². The first kappa shape index (κ1) is 12.2. The van der Waals surface area contributed by atoms with Gasteiger partial charge in [-0.3, -0.25) is 9.59 Å². The van der Waals surface area contributed by atoms with Crippen molar-refractivity contribution in [3.05, 3.63) is 0 Å². The van der Waals surface area contributed by atoms with Crippen molar-refractivity contribution in [2.45, 2.75) is 45.4 Å². The number of ketones is 1. The number of methoxy groups -OCH3 is 1. The Morgan fingerprint density at radius 2 is 1.67 bits per heavy atom. The van der Waals surface area contributed by atoms with Crippen LogP contribution >= 0.6 is 0 Å². The van der Waals surface area contributed by atoms with Gasteiger partial charge in [0.2, 0.25) is 0 Å². The number of rotatable bonds is 3. The summed E-state index contributed by atoms with van der Waals surface area (Å²) < 4.78 is 4.60. The van der Waals surface area contributed by atoms with Crippen LogP contribution in [0.2, 0.25) is 0 Å². The molecule has 0 bridgehead atoms. The maximum Gasteiger partial charge on any atom is 0.315 e. The molecule has 0 aromatic heterocycles. The Kier molecular flexibility index (Phi) is 4.79. The van der Waals surface area contributed by atoms with Crippen LogP contribution < -0.4 is 0 Å². The molecule has 3 heteroatoms. The lowest BCUT2D eigenvalue weighted by Crippen LogP contribution is -2.28. The van der Waals surface area contributed by atoms with Gasteiger partial charge in [-0.2, -0.15) is 0 Å². The van der Waals surface area contributed by atoms with E-state index in [-0.39, 0.29) is 11.7 Å². The molecule has 0 aromatic carbocycles. The number of hydrogen-bond acceptors (Lipinski definition) is 3. The molecule has 0 heterocycles. The number of ether oxygens (including phenoxy) is 1. The van der Waals surface area contributed by atoms with E-state index in [9.17, 15) is 9.59 Å². The van der Waals surface area contributed by atoms with Gasteiger partial charge in [0.1, 0.15) is 11.7 Å². The molecule has 0 aromatic rings. The van der Waals surface area contributed by atoms with E-state index in [1.165, 1.54) is 20.0 Å². The molecule has 0 spiro atoms. The van der Waals surface area contributed by atoms with E-state index in [0.29, 0.717) is 0 Å². The Balaban J connectivity index is 2.53. The van der Waals surface area contributed by atoms with Gasteiger partial charge in [0.05, 0.1) is 7.11 Å². The Labute approximate surface area is 91.2 Å². The quantitative estimate of drug-likeness (QED) is 0.409. The van der Waals surface area contributed by atoms with E-state index < -0.39 is 11.9 Å². The largest absolute Gasteiger partial charge is 0.468 e. The van der Waals surface area contributed by atoms with E-state index in [1.807, 2.05) is 0 Å². The monoisotopic (exact) mass is 212 g/mol. The van der Waals surface area contributed by atoms with E-state index >= 15 is 0 Å². The number of carbonyl (C=O) groups excluding carboxylic acids is 2. The Morgan fingerprint density at radius 1 is 1.13 bits per heavy atom. The highest BCUT2D eigenvalue weighted by molar-refractivity contribution is 5.99. The molecule has 0 amide bonds. The molecule has 0 saturated heterocycles. The van der Waals surface area contributed by atoms with Gasteiger partial charge in [-0.05, 0) is 19.8 Å². The van der Waals surface area contributed by atoms with Crippen LogP contribution in [0.1, 0.15) is 45.4 Å². The van der Waals surface area contributed by atoms with Gasteiger partial charge in [0.25, 0.3) is 0 Å². The third-order valence-corrected chi connectivity index (χ3v) is 3.24. The van der Waals surface area contributed by atoms with Crippen LogP contribution in [-0.4, -0.2) is 18.9 Å². The van der Waals surface area contributed by atoms with Crippen LogP contribution in [0.3, 0.4) is 0 Å². The minimum atomic E-state index is -0.585. The van der Waals surface area contributed by atoms with Crippen LogP contribution in [0.15, 0.2) is 0 Å². The molecular weight excluding hydrogens is 192 g/mol. The average Bonchev–Trinajstić information content (AvgIpc) is 2.54. The van der Waals surface area contributed by atoms with Crippen molar-refractivity contribution in [3.8, 4) is 0 Å². The van der Waals surface area contributed by atoms with E-state index in [1.54, 1.807) is 6.92 Å². The zero-order valence-corrected chi connectivity index (χ0v) is 9.62. The standard InChI is InChI=1S/C12H20O3/c1-9(12(14)15-2)11(13)10-7-5-3-4-6-8-10/h9-10H,3-8H2,1-2H3. The molecule has 86 valence electrons. The highest BCUT2D eigenvalue weighted by Gasteiger charge is 2.29. The highest BCUT2D eigenvalue weighted by atomic mass is 16.5. The van der Waals surface area contributed by atoms with Crippen molar-refractivity contribution in [2.24, 2.45) is 11.8 Å². The summed E-state index contributed by atoms with van der Waals surface area (Å²) in [4.78, 5) is 23.2. The van der Waals surface area contributed by atoms with Gasteiger partial charge < -0.3 is 4.74 Å². The maximum atomic E-state index is 12.0. The lowest BCUT2D eigenvalue weighted by atomic mass is 9.88. The van der Waals surface area contributed by atoms with Crippen molar-refractivity contribution >= 4 is 11.8 Å². The van der Waals surface area contributed by atoms with Crippen molar-refractivity contribution in [1.82, 2.24) is 0 Å². The molecule has 1 saturated carbocycles. The number of Topliss-reactive ketones (excluding diaryl/α,β-unsaturated/α-hetero) is 1. The number of esters is 1. The van der Waals surface area contributed by atoms with Crippen LogP contribution in [0.4, 0.5) is 0 Å². The summed E-state index contributed by atoms with van der Waals surface area (Å²) in [5.41, 5.74) is 0. The second kappa shape index (κ2) is 5.89. The maximum absolute atomic E-state index is 12.0. The minimum Gasteiger partial charge on any atom is -0.468 e. The zero-order valence-electron chi connectivity index (χ0n) is 9.62. The molecule has 1 atom stereocenters. The van der Waals surface area contributed by atoms with Crippen LogP contribution in [0, 0.1) is 11.8 Å². The van der Waals surface area contributed by atoms with Gasteiger partial charge >= 0.3 is 5.97 Å². The minimum absolute atomic E-state index is 0.0729. The van der Waals surface area contributed by atoms with Gasteiger partial charge in [-0.25, -0.2) is 0 Å². The fourth-order valence-electron chi connectivity index (χ4n) is 2.21. The van der Waals surface area contributed by atoms with E-state index in [4.69, 9.17) is 0 Å². The average molecular weight is 212 g/mol.